The highest BCUT2D eigenvalue weighted by atomic mass is 32.2. The van der Waals surface area contributed by atoms with Gasteiger partial charge < -0.3 is 10.3 Å². The maximum atomic E-state index is 12.5. The minimum absolute atomic E-state index is 0.100. The number of benzene rings is 2. The van der Waals surface area contributed by atoms with Crippen LogP contribution >= 0.6 is 23.1 Å². The monoisotopic (exact) mass is 422 g/mol. The zero-order valence-electron chi connectivity index (χ0n) is 15.9. The first-order valence-corrected chi connectivity index (χ1v) is 11.1. The third-order valence-corrected chi connectivity index (χ3v) is 5.87. The van der Waals surface area contributed by atoms with Gasteiger partial charge in [-0.1, -0.05) is 6.07 Å². The zero-order valence-corrected chi connectivity index (χ0v) is 17.5. The molecule has 4 aromatic rings. The summed E-state index contributed by atoms with van der Waals surface area (Å²) >= 11 is 3.16. The normalized spacial score (nSPS) is 11.0. The molecule has 0 saturated carbocycles. The molecule has 8 heteroatoms. The van der Waals surface area contributed by atoms with Gasteiger partial charge in [0.2, 0.25) is 0 Å². The topological polar surface area (TPSA) is 87.7 Å². The van der Waals surface area contributed by atoms with Crippen molar-refractivity contribution in [2.45, 2.75) is 12.7 Å². The van der Waals surface area contributed by atoms with Gasteiger partial charge in [-0.05, 0) is 55.1 Å². The second-order valence-corrected chi connectivity index (χ2v) is 8.43. The van der Waals surface area contributed by atoms with E-state index in [2.05, 4.69) is 39.3 Å². The zero-order chi connectivity index (χ0) is 20.4. The number of carbonyl (C=O) groups is 1. The van der Waals surface area contributed by atoms with Crippen molar-refractivity contribution in [3.63, 3.8) is 0 Å². The second kappa shape index (κ2) is 8.18. The highest BCUT2D eigenvalue weighted by molar-refractivity contribution is 7.97. The van der Waals surface area contributed by atoms with Crippen LogP contribution in [-0.4, -0.2) is 27.1 Å². The minimum Gasteiger partial charge on any atom is -0.321 e. The summed E-state index contributed by atoms with van der Waals surface area (Å²) in [7, 11) is 0. The lowest BCUT2D eigenvalue weighted by Crippen LogP contribution is -2.20. The van der Waals surface area contributed by atoms with Gasteiger partial charge in [-0.15, -0.1) is 11.3 Å². The highest BCUT2D eigenvalue weighted by Gasteiger charge is 2.12. The molecule has 0 unspecified atom stereocenters. The van der Waals surface area contributed by atoms with E-state index in [4.69, 9.17) is 0 Å². The number of thioether (sulfide) groups is 1. The van der Waals surface area contributed by atoms with Gasteiger partial charge in [0.1, 0.15) is 16.5 Å². The van der Waals surface area contributed by atoms with Crippen molar-refractivity contribution < 1.29 is 4.79 Å². The summed E-state index contributed by atoms with van der Waals surface area (Å²) in [5.41, 5.74) is 3.57. The van der Waals surface area contributed by atoms with Gasteiger partial charge >= 0.3 is 0 Å². The van der Waals surface area contributed by atoms with Gasteiger partial charge in [-0.3, -0.25) is 9.59 Å². The number of nitrogens with one attached hydrogen (secondary N) is 2. The Labute approximate surface area is 175 Å². The van der Waals surface area contributed by atoms with Crippen LogP contribution in [0.4, 0.5) is 5.69 Å². The van der Waals surface area contributed by atoms with Crippen LogP contribution in [0.25, 0.3) is 20.8 Å². The van der Waals surface area contributed by atoms with E-state index in [-0.39, 0.29) is 11.3 Å². The number of anilines is 1. The number of thiazole rings is 1. The van der Waals surface area contributed by atoms with Crippen LogP contribution in [0.2, 0.25) is 0 Å². The number of H-pyrrole nitrogens is 1. The molecule has 6 nitrogen and oxygen atoms in total. The van der Waals surface area contributed by atoms with Crippen molar-refractivity contribution in [3.8, 4) is 10.6 Å². The summed E-state index contributed by atoms with van der Waals surface area (Å²) < 4.78 is 1.15. The molecule has 29 heavy (non-hydrogen) atoms. The number of aryl methyl sites for hydroxylation is 1. The molecule has 0 fully saturated rings. The Hall–Kier alpha value is -2.97. The second-order valence-electron chi connectivity index (χ2n) is 6.53. The van der Waals surface area contributed by atoms with Crippen molar-refractivity contribution in [1.82, 2.24) is 15.0 Å². The number of amides is 1. The van der Waals surface area contributed by atoms with E-state index in [0.29, 0.717) is 17.3 Å². The average Bonchev–Trinajstić information content (AvgIpc) is 3.11. The number of hydrogen-bond donors (Lipinski definition) is 2. The molecule has 0 radical (unpaired) electrons. The standard InChI is InChI=1S/C21H18N4O2S2/c1-12-3-8-15-17(9-12)29-21(24-15)13-4-6-14(7-5-13)22-20(27)16-10-19(26)25-18(23-16)11-28-2/h3-10H,11H2,1-2H3,(H,22,27)(H,23,25,26). The van der Waals surface area contributed by atoms with Crippen molar-refractivity contribution in [1.29, 1.82) is 0 Å². The fraction of sp³-hybridized carbons (Fsp3) is 0.143. The van der Waals surface area contributed by atoms with Crippen LogP contribution in [0.5, 0.6) is 0 Å². The lowest BCUT2D eigenvalue weighted by Gasteiger charge is -2.06. The van der Waals surface area contributed by atoms with E-state index < -0.39 is 5.91 Å². The maximum Gasteiger partial charge on any atom is 0.274 e. The predicted molar refractivity (Wildman–Crippen MR) is 120 cm³/mol. The molecule has 0 aliphatic carbocycles. The Morgan fingerprint density at radius 2 is 1.93 bits per heavy atom. The van der Waals surface area contributed by atoms with E-state index in [1.807, 2.05) is 36.6 Å². The number of hydrogen-bond acceptors (Lipinski definition) is 6. The van der Waals surface area contributed by atoms with Crippen LogP contribution in [0.3, 0.4) is 0 Å². The molecule has 0 atom stereocenters. The largest absolute Gasteiger partial charge is 0.321 e. The van der Waals surface area contributed by atoms with Crippen LogP contribution in [0, 0.1) is 6.92 Å². The number of nitrogens with zero attached hydrogens (tertiary/aromatic N) is 2. The van der Waals surface area contributed by atoms with E-state index >= 15 is 0 Å². The molecule has 2 N–H and O–H groups in total. The van der Waals surface area contributed by atoms with Crippen LogP contribution in [-0.2, 0) is 5.75 Å². The van der Waals surface area contributed by atoms with Gasteiger partial charge in [0.15, 0.2) is 0 Å². The lowest BCUT2D eigenvalue weighted by molar-refractivity contribution is 0.102. The first-order valence-electron chi connectivity index (χ1n) is 8.90. The SMILES string of the molecule is CSCc1nc(C(=O)Nc2ccc(-c3nc4ccc(C)cc4s3)cc2)cc(=O)[nH]1. The molecule has 2 heterocycles. The molecule has 0 saturated heterocycles. The average molecular weight is 423 g/mol. The molecule has 2 aromatic carbocycles. The summed E-state index contributed by atoms with van der Waals surface area (Å²) in [5, 5.41) is 3.72. The van der Waals surface area contributed by atoms with Gasteiger partial charge in [0, 0.05) is 17.3 Å². The molecule has 1 amide bonds. The summed E-state index contributed by atoms with van der Waals surface area (Å²) in [6, 6.07) is 14.9. The van der Waals surface area contributed by atoms with Gasteiger partial charge in [-0.25, -0.2) is 9.97 Å². The minimum atomic E-state index is -0.415. The molecule has 146 valence electrons. The molecule has 0 spiro atoms. The molecule has 4 rings (SSSR count). The fourth-order valence-electron chi connectivity index (χ4n) is 2.88. The van der Waals surface area contributed by atoms with Gasteiger partial charge in [0.05, 0.1) is 16.0 Å². The predicted octanol–water partition coefficient (Wildman–Crippen LogP) is 4.47. The quantitative estimate of drug-likeness (QED) is 0.495. The Balaban J connectivity index is 1.53. The Morgan fingerprint density at radius 3 is 2.69 bits per heavy atom. The van der Waals surface area contributed by atoms with E-state index in [0.717, 1.165) is 20.8 Å². The first kappa shape index (κ1) is 19.4. The third-order valence-electron chi connectivity index (χ3n) is 4.24. The molecular weight excluding hydrogens is 404 g/mol. The Morgan fingerprint density at radius 1 is 1.14 bits per heavy atom. The van der Waals surface area contributed by atoms with E-state index in [1.165, 1.54) is 23.4 Å². The molecule has 2 aromatic heterocycles. The van der Waals surface area contributed by atoms with Crippen LogP contribution in [0.15, 0.2) is 53.3 Å². The van der Waals surface area contributed by atoms with Gasteiger partial charge in [0.25, 0.3) is 11.5 Å². The summed E-state index contributed by atoms with van der Waals surface area (Å²) in [6.45, 7) is 2.07. The number of rotatable bonds is 5. The van der Waals surface area contributed by atoms with Crippen LogP contribution in [0.1, 0.15) is 21.9 Å². The number of aromatic nitrogens is 3. The van der Waals surface area contributed by atoms with Crippen molar-refractivity contribution in [2.75, 3.05) is 11.6 Å². The van der Waals surface area contributed by atoms with E-state index in [9.17, 15) is 9.59 Å². The third kappa shape index (κ3) is 4.38. The van der Waals surface area contributed by atoms with E-state index in [1.54, 1.807) is 11.3 Å². The number of carbonyl (C=O) groups excluding carboxylic acids is 1. The first-order chi connectivity index (χ1) is 14.0. The maximum absolute atomic E-state index is 12.5. The lowest BCUT2D eigenvalue weighted by atomic mass is 10.2. The highest BCUT2D eigenvalue weighted by Crippen LogP contribution is 2.31. The molecular formula is C21H18N4O2S2. The Kier molecular flexibility index (Phi) is 5.46. The number of aromatic amines is 1. The van der Waals surface area contributed by atoms with Gasteiger partial charge in [-0.2, -0.15) is 11.8 Å². The summed E-state index contributed by atoms with van der Waals surface area (Å²) in [4.78, 5) is 35.8. The van der Waals surface area contributed by atoms with Crippen molar-refractivity contribution in [3.05, 3.63) is 76.0 Å². The molecule has 0 aliphatic heterocycles. The fourth-order valence-corrected chi connectivity index (χ4v) is 4.36. The van der Waals surface area contributed by atoms with Crippen LogP contribution < -0.4 is 10.9 Å². The summed E-state index contributed by atoms with van der Waals surface area (Å²) in [6.07, 6.45) is 1.90. The molecule has 0 aliphatic rings. The summed E-state index contributed by atoms with van der Waals surface area (Å²) in [5.74, 6) is 0.602. The smallest absolute Gasteiger partial charge is 0.274 e. The van der Waals surface area contributed by atoms with Crippen molar-refractivity contribution >= 4 is 44.9 Å². The number of fused-ring (bicyclic) bond motifs is 1. The van der Waals surface area contributed by atoms with Crippen molar-refractivity contribution in [2.24, 2.45) is 0 Å². The molecule has 0 bridgehead atoms. The Bertz CT molecular complexity index is 1250.